The molecule has 3 aromatic rings. The quantitative estimate of drug-likeness (QED) is 0.167. The molecule has 0 saturated carbocycles. The number of amidine groups is 1. The summed E-state index contributed by atoms with van der Waals surface area (Å²) >= 11 is 13.7. The van der Waals surface area contributed by atoms with E-state index in [-0.39, 0.29) is 18.2 Å². The van der Waals surface area contributed by atoms with Crippen LogP contribution in [0.5, 0.6) is 5.75 Å². The van der Waals surface area contributed by atoms with Gasteiger partial charge in [-0.25, -0.2) is 4.99 Å². The lowest BCUT2D eigenvalue weighted by Gasteiger charge is -2.13. The van der Waals surface area contributed by atoms with Crippen LogP contribution in [-0.2, 0) is 11.4 Å². The van der Waals surface area contributed by atoms with Gasteiger partial charge in [-0.15, -0.1) is 0 Å². The molecular weight excluding hydrogens is 521 g/mol. The van der Waals surface area contributed by atoms with Gasteiger partial charge in [0, 0.05) is 23.7 Å². The number of carbonyl (C=O) groups excluding carboxylic acids is 1. The fraction of sp³-hybridized carbons (Fsp3) is 0.154. The van der Waals surface area contributed by atoms with Gasteiger partial charge in [0.05, 0.1) is 20.5 Å². The van der Waals surface area contributed by atoms with Crippen molar-refractivity contribution < 1.29 is 14.5 Å². The predicted molar refractivity (Wildman–Crippen MR) is 145 cm³/mol. The van der Waals surface area contributed by atoms with Crippen molar-refractivity contribution in [3.8, 4) is 5.75 Å². The Morgan fingerprint density at radius 3 is 2.58 bits per heavy atom. The second-order valence-electron chi connectivity index (χ2n) is 7.84. The summed E-state index contributed by atoms with van der Waals surface area (Å²) in [7, 11) is 0. The summed E-state index contributed by atoms with van der Waals surface area (Å²) in [5, 5.41) is 12.6. The van der Waals surface area contributed by atoms with Crippen molar-refractivity contribution in [2.75, 3.05) is 6.54 Å². The van der Waals surface area contributed by atoms with Crippen LogP contribution in [0, 0.1) is 10.1 Å². The molecule has 0 bridgehead atoms. The molecule has 0 aliphatic carbocycles. The van der Waals surface area contributed by atoms with Crippen LogP contribution >= 0.6 is 35.0 Å². The van der Waals surface area contributed by atoms with Gasteiger partial charge in [-0.1, -0.05) is 48.3 Å². The third-order valence-electron chi connectivity index (χ3n) is 5.16. The molecule has 0 radical (unpaired) electrons. The van der Waals surface area contributed by atoms with E-state index in [0.717, 1.165) is 12.0 Å². The van der Waals surface area contributed by atoms with Crippen LogP contribution in [-0.4, -0.2) is 27.4 Å². The van der Waals surface area contributed by atoms with E-state index >= 15 is 0 Å². The minimum Gasteiger partial charge on any atom is -0.487 e. The van der Waals surface area contributed by atoms with E-state index in [1.165, 1.54) is 23.9 Å². The number of aliphatic imine (C=N–C) groups is 1. The van der Waals surface area contributed by atoms with Crippen molar-refractivity contribution in [3.63, 3.8) is 0 Å². The van der Waals surface area contributed by atoms with Gasteiger partial charge in [0.25, 0.3) is 11.6 Å². The Bertz CT molecular complexity index is 1360. The zero-order valence-electron chi connectivity index (χ0n) is 19.2. The normalized spacial score (nSPS) is 15.6. The van der Waals surface area contributed by atoms with Crippen molar-refractivity contribution >= 4 is 63.5 Å². The van der Waals surface area contributed by atoms with Crippen molar-refractivity contribution in [2.24, 2.45) is 4.99 Å². The van der Waals surface area contributed by atoms with E-state index in [4.69, 9.17) is 27.9 Å². The van der Waals surface area contributed by atoms with Gasteiger partial charge in [0.2, 0.25) is 0 Å². The summed E-state index contributed by atoms with van der Waals surface area (Å²) in [4.78, 5) is 30.4. The Morgan fingerprint density at radius 2 is 1.89 bits per heavy atom. The van der Waals surface area contributed by atoms with E-state index in [1.54, 1.807) is 65.6 Å². The zero-order chi connectivity index (χ0) is 25.7. The van der Waals surface area contributed by atoms with E-state index in [1.807, 2.05) is 6.92 Å². The number of nitro groups is 1. The topological polar surface area (TPSA) is 85.0 Å². The molecular formula is C26H21Cl2N3O4S. The molecule has 4 rings (SSSR count). The molecule has 1 heterocycles. The summed E-state index contributed by atoms with van der Waals surface area (Å²) < 4.78 is 5.76. The number of nitro benzene ring substituents is 1. The predicted octanol–water partition coefficient (Wildman–Crippen LogP) is 7.49. The largest absolute Gasteiger partial charge is 0.487 e. The number of hydrogen-bond acceptors (Lipinski definition) is 6. The number of rotatable bonds is 8. The number of amides is 1. The summed E-state index contributed by atoms with van der Waals surface area (Å²) in [6.45, 7) is 2.69. The number of benzene rings is 3. The highest BCUT2D eigenvalue weighted by Crippen LogP contribution is 2.35. The number of ether oxygens (including phenoxy) is 1. The van der Waals surface area contributed by atoms with Crippen LogP contribution in [0.4, 0.5) is 11.4 Å². The Hall–Kier alpha value is -3.33. The molecule has 1 amide bonds. The molecule has 0 aromatic heterocycles. The summed E-state index contributed by atoms with van der Waals surface area (Å²) in [5.41, 5.74) is 2.11. The molecule has 1 fully saturated rings. The average Bonchev–Trinajstić information content (AvgIpc) is 3.14. The first-order valence-corrected chi connectivity index (χ1v) is 12.6. The van der Waals surface area contributed by atoms with Gasteiger partial charge >= 0.3 is 0 Å². The van der Waals surface area contributed by atoms with Crippen LogP contribution in [0.25, 0.3) is 6.08 Å². The summed E-state index contributed by atoms with van der Waals surface area (Å²) in [5.74, 6) is 0.324. The Kier molecular flexibility index (Phi) is 8.30. The minimum atomic E-state index is -0.450. The Morgan fingerprint density at radius 1 is 1.11 bits per heavy atom. The van der Waals surface area contributed by atoms with Crippen LogP contribution in [0.15, 0.2) is 76.6 Å². The molecule has 1 aliphatic rings. The summed E-state index contributed by atoms with van der Waals surface area (Å²) in [6.07, 6.45) is 2.57. The van der Waals surface area contributed by atoms with Crippen molar-refractivity contribution in [2.45, 2.75) is 20.0 Å². The molecule has 10 heteroatoms. The van der Waals surface area contributed by atoms with Gasteiger partial charge in [0.1, 0.15) is 12.4 Å². The standard InChI is InChI=1S/C26H21Cl2N3O4S/c1-2-12-30-25(32)24(36-26(30)29-20-9-7-19(27)8-10-20)15-17-6-11-23(22(28)14-17)35-16-18-4-3-5-21(13-18)31(33)34/h3-11,13-15H,2,12,16H2,1H3/b24-15-,29-26?. The molecule has 0 unspecified atom stereocenters. The maximum absolute atomic E-state index is 13.1. The molecule has 1 saturated heterocycles. The van der Waals surface area contributed by atoms with Crippen molar-refractivity contribution in [3.05, 3.63) is 103 Å². The minimum absolute atomic E-state index is 0.000937. The monoisotopic (exact) mass is 541 g/mol. The second-order valence-corrected chi connectivity index (χ2v) is 9.70. The number of carbonyl (C=O) groups is 1. The number of nitrogens with zero attached hydrogens (tertiary/aromatic N) is 3. The summed E-state index contributed by atoms with van der Waals surface area (Å²) in [6, 6.07) is 18.6. The third kappa shape index (κ3) is 6.26. The zero-order valence-corrected chi connectivity index (χ0v) is 21.5. The lowest BCUT2D eigenvalue weighted by molar-refractivity contribution is -0.384. The van der Waals surface area contributed by atoms with E-state index in [2.05, 4.69) is 4.99 Å². The number of thioether (sulfide) groups is 1. The fourth-order valence-corrected chi connectivity index (χ4v) is 4.83. The maximum Gasteiger partial charge on any atom is 0.269 e. The maximum atomic E-state index is 13.1. The fourth-order valence-electron chi connectivity index (χ4n) is 3.43. The molecule has 0 N–H and O–H groups in total. The Balaban J connectivity index is 1.51. The molecule has 184 valence electrons. The molecule has 7 nitrogen and oxygen atoms in total. The van der Waals surface area contributed by atoms with Gasteiger partial charge in [0.15, 0.2) is 5.17 Å². The van der Waals surface area contributed by atoms with Crippen molar-refractivity contribution in [1.29, 1.82) is 0 Å². The van der Waals surface area contributed by atoms with Gasteiger partial charge in [-0.05, 0) is 71.8 Å². The average molecular weight is 542 g/mol. The second kappa shape index (κ2) is 11.6. The molecule has 36 heavy (non-hydrogen) atoms. The number of hydrogen-bond donors (Lipinski definition) is 0. The number of non-ortho nitro benzene ring substituents is 1. The lowest BCUT2D eigenvalue weighted by Crippen LogP contribution is -2.29. The first-order valence-electron chi connectivity index (χ1n) is 11.1. The lowest BCUT2D eigenvalue weighted by atomic mass is 10.2. The number of halogens is 2. The first kappa shape index (κ1) is 25.8. The first-order chi connectivity index (χ1) is 17.3. The van der Waals surface area contributed by atoms with Gasteiger partial charge in [-0.2, -0.15) is 0 Å². The van der Waals surface area contributed by atoms with Crippen LogP contribution in [0.2, 0.25) is 10.0 Å². The van der Waals surface area contributed by atoms with Crippen LogP contribution in [0.3, 0.4) is 0 Å². The molecule has 3 aromatic carbocycles. The van der Waals surface area contributed by atoms with E-state index in [9.17, 15) is 14.9 Å². The van der Waals surface area contributed by atoms with Gasteiger partial charge < -0.3 is 4.74 Å². The van der Waals surface area contributed by atoms with Crippen LogP contribution < -0.4 is 4.74 Å². The van der Waals surface area contributed by atoms with Gasteiger partial charge in [-0.3, -0.25) is 19.8 Å². The van der Waals surface area contributed by atoms with Crippen molar-refractivity contribution in [1.82, 2.24) is 4.90 Å². The SMILES string of the molecule is CCCN1C(=O)/C(=C/c2ccc(OCc3cccc([N+](=O)[O-])c3)c(Cl)c2)SC1=Nc1ccc(Cl)cc1. The van der Waals surface area contributed by atoms with Crippen LogP contribution in [0.1, 0.15) is 24.5 Å². The smallest absolute Gasteiger partial charge is 0.269 e. The van der Waals surface area contributed by atoms with E-state index in [0.29, 0.717) is 43.7 Å². The highest BCUT2D eigenvalue weighted by Gasteiger charge is 2.32. The molecule has 0 atom stereocenters. The highest BCUT2D eigenvalue weighted by molar-refractivity contribution is 8.18. The molecule has 0 spiro atoms. The Labute approximate surface area is 222 Å². The van der Waals surface area contributed by atoms with E-state index < -0.39 is 4.92 Å². The third-order valence-corrected chi connectivity index (χ3v) is 6.71. The molecule has 1 aliphatic heterocycles. The highest BCUT2D eigenvalue weighted by atomic mass is 35.5.